The highest BCUT2D eigenvalue weighted by Crippen LogP contribution is 2.34. The number of ether oxygens (including phenoxy) is 1. The van der Waals surface area contributed by atoms with Gasteiger partial charge in [0, 0.05) is 24.2 Å². The van der Waals surface area contributed by atoms with Gasteiger partial charge in [0.05, 0.1) is 25.4 Å². The van der Waals surface area contributed by atoms with E-state index in [1.54, 1.807) is 12.1 Å². The number of nitrogens with zero attached hydrogens (tertiary/aromatic N) is 2. The normalized spacial score (nSPS) is 14.8. The number of carbonyl (C=O) groups excluding carboxylic acids is 2. The van der Waals surface area contributed by atoms with Gasteiger partial charge in [0.2, 0.25) is 5.91 Å². The highest BCUT2D eigenvalue weighted by Gasteiger charge is 2.33. The number of benzene rings is 3. The average Bonchev–Trinajstić information content (AvgIpc) is 3.35. The second-order valence-corrected chi connectivity index (χ2v) is 8.77. The van der Waals surface area contributed by atoms with Crippen molar-refractivity contribution >= 4 is 28.9 Å². The molecule has 1 aliphatic heterocycles. The highest BCUT2D eigenvalue weighted by atomic mass is 16.5. The van der Waals surface area contributed by atoms with Crippen molar-refractivity contribution in [3.05, 3.63) is 89.5 Å². The van der Waals surface area contributed by atoms with Gasteiger partial charge in [-0.05, 0) is 54.3 Å². The van der Waals surface area contributed by atoms with Crippen LogP contribution in [0.5, 0.6) is 5.75 Å². The summed E-state index contributed by atoms with van der Waals surface area (Å²) in [5.74, 6) is 0.611. The van der Waals surface area contributed by atoms with Crippen molar-refractivity contribution in [2.24, 2.45) is 5.10 Å². The number of amides is 2. The number of hydrogen-bond donors (Lipinski definition) is 2. The quantitative estimate of drug-likeness (QED) is 0.418. The van der Waals surface area contributed by atoms with E-state index in [1.807, 2.05) is 86.6 Å². The Morgan fingerprint density at radius 3 is 2.42 bits per heavy atom. The molecule has 7 heteroatoms. The molecule has 1 aliphatic rings. The fraction of sp³-hybridized carbons (Fsp3) is 0.276. The Morgan fingerprint density at radius 1 is 1.00 bits per heavy atom. The van der Waals surface area contributed by atoms with Crippen molar-refractivity contribution in [1.29, 1.82) is 0 Å². The molecule has 7 nitrogen and oxygen atoms in total. The fourth-order valence-electron chi connectivity index (χ4n) is 4.29. The summed E-state index contributed by atoms with van der Waals surface area (Å²) >= 11 is 0. The van der Waals surface area contributed by atoms with Gasteiger partial charge in [-0.2, -0.15) is 5.10 Å². The fourth-order valence-corrected chi connectivity index (χ4v) is 4.29. The molecule has 1 heterocycles. The SMILES string of the molecule is CCCC(=O)Nc1cccc(NCC(=O)N2N=C(c3ccccc3)CC2c2ccc(OC)cc2)c1C. The minimum atomic E-state index is -0.207. The number of hydrazone groups is 1. The monoisotopic (exact) mass is 484 g/mol. The molecular weight excluding hydrogens is 452 g/mol. The molecule has 0 saturated carbocycles. The Hall–Kier alpha value is -4.13. The summed E-state index contributed by atoms with van der Waals surface area (Å²) in [5.41, 5.74) is 5.30. The molecule has 4 rings (SSSR count). The Balaban J connectivity index is 1.53. The summed E-state index contributed by atoms with van der Waals surface area (Å²) in [6.07, 6.45) is 1.88. The lowest BCUT2D eigenvalue weighted by Crippen LogP contribution is -2.32. The van der Waals surface area contributed by atoms with E-state index in [9.17, 15) is 9.59 Å². The standard InChI is InChI=1S/C29H32N4O3/c1-4-9-28(34)31-25-13-8-12-24(20(25)2)30-19-29(35)33-27(22-14-16-23(36-3)17-15-22)18-26(32-33)21-10-6-5-7-11-21/h5-8,10-17,27,30H,4,9,18-19H2,1-3H3,(H,31,34). The summed E-state index contributed by atoms with van der Waals surface area (Å²) in [6, 6.07) is 23.1. The van der Waals surface area contributed by atoms with Crippen LogP contribution < -0.4 is 15.4 Å². The predicted molar refractivity (Wildman–Crippen MR) is 143 cm³/mol. The van der Waals surface area contributed by atoms with Gasteiger partial charge in [-0.3, -0.25) is 9.59 Å². The molecule has 0 aromatic heterocycles. The van der Waals surface area contributed by atoms with Crippen LogP contribution in [0, 0.1) is 6.92 Å². The van der Waals surface area contributed by atoms with Gasteiger partial charge in [-0.15, -0.1) is 0 Å². The zero-order valence-corrected chi connectivity index (χ0v) is 21.0. The summed E-state index contributed by atoms with van der Waals surface area (Å²) in [5, 5.41) is 12.5. The minimum absolute atomic E-state index is 0.0176. The molecule has 0 fully saturated rings. The molecule has 3 aromatic rings. The lowest BCUT2D eigenvalue weighted by molar-refractivity contribution is -0.131. The summed E-state index contributed by atoms with van der Waals surface area (Å²) in [6.45, 7) is 3.97. The maximum atomic E-state index is 13.4. The number of hydrogen-bond acceptors (Lipinski definition) is 5. The van der Waals surface area contributed by atoms with Crippen LogP contribution in [0.3, 0.4) is 0 Å². The Labute approximate surface area is 212 Å². The zero-order chi connectivity index (χ0) is 25.5. The van der Waals surface area contributed by atoms with Crippen LogP contribution in [0.1, 0.15) is 48.9 Å². The highest BCUT2D eigenvalue weighted by molar-refractivity contribution is 6.03. The number of carbonyl (C=O) groups is 2. The molecule has 0 radical (unpaired) electrons. The summed E-state index contributed by atoms with van der Waals surface area (Å²) in [4.78, 5) is 25.5. The molecule has 0 aliphatic carbocycles. The minimum Gasteiger partial charge on any atom is -0.497 e. The Morgan fingerprint density at radius 2 is 1.72 bits per heavy atom. The zero-order valence-electron chi connectivity index (χ0n) is 21.0. The molecule has 0 bridgehead atoms. The Kier molecular flexibility index (Phi) is 8.00. The molecule has 0 saturated heterocycles. The molecule has 2 amide bonds. The molecular formula is C29H32N4O3. The first-order chi connectivity index (χ1) is 17.5. The third kappa shape index (κ3) is 5.74. The largest absolute Gasteiger partial charge is 0.497 e. The van der Waals surface area contributed by atoms with E-state index < -0.39 is 0 Å². The third-order valence-electron chi connectivity index (χ3n) is 6.29. The van der Waals surface area contributed by atoms with Gasteiger partial charge in [-0.1, -0.05) is 55.5 Å². The molecule has 36 heavy (non-hydrogen) atoms. The van der Waals surface area contributed by atoms with Crippen molar-refractivity contribution in [2.75, 3.05) is 24.3 Å². The van der Waals surface area contributed by atoms with Crippen molar-refractivity contribution in [1.82, 2.24) is 5.01 Å². The van der Waals surface area contributed by atoms with Gasteiger partial charge in [0.25, 0.3) is 5.91 Å². The van der Waals surface area contributed by atoms with E-state index in [1.165, 1.54) is 0 Å². The van der Waals surface area contributed by atoms with Crippen LogP contribution in [0.25, 0.3) is 0 Å². The van der Waals surface area contributed by atoms with Gasteiger partial charge >= 0.3 is 0 Å². The van der Waals surface area contributed by atoms with Gasteiger partial charge in [0.15, 0.2) is 0 Å². The maximum Gasteiger partial charge on any atom is 0.262 e. The lowest BCUT2D eigenvalue weighted by atomic mass is 9.98. The Bertz CT molecular complexity index is 1240. The molecule has 0 spiro atoms. The first kappa shape index (κ1) is 25.0. The van der Waals surface area contributed by atoms with Crippen LogP contribution in [0.15, 0.2) is 77.9 Å². The predicted octanol–water partition coefficient (Wildman–Crippen LogP) is 5.53. The summed E-state index contributed by atoms with van der Waals surface area (Å²) in [7, 11) is 1.63. The second-order valence-electron chi connectivity index (χ2n) is 8.77. The van der Waals surface area contributed by atoms with E-state index in [0.29, 0.717) is 12.8 Å². The number of methoxy groups -OCH3 is 1. The first-order valence-corrected chi connectivity index (χ1v) is 12.2. The van der Waals surface area contributed by atoms with Gasteiger partial charge in [-0.25, -0.2) is 5.01 Å². The van der Waals surface area contributed by atoms with Gasteiger partial charge < -0.3 is 15.4 Å². The molecule has 186 valence electrons. The molecule has 1 unspecified atom stereocenters. The number of anilines is 2. The van der Waals surface area contributed by atoms with Crippen LogP contribution in [-0.4, -0.2) is 36.2 Å². The van der Waals surface area contributed by atoms with Crippen LogP contribution in [0.2, 0.25) is 0 Å². The van der Waals surface area contributed by atoms with Crippen molar-refractivity contribution in [2.45, 2.75) is 39.2 Å². The van der Waals surface area contributed by atoms with Crippen molar-refractivity contribution in [3.63, 3.8) is 0 Å². The number of rotatable bonds is 9. The first-order valence-electron chi connectivity index (χ1n) is 12.2. The average molecular weight is 485 g/mol. The van der Waals surface area contributed by atoms with E-state index in [2.05, 4.69) is 10.6 Å². The molecule has 2 N–H and O–H groups in total. The van der Waals surface area contributed by atoms with Crippen molar-refractivity contribution < 1.29 is 14.3 Å². The van der Waals surface area contributed by atoms with Crippen LogP contribution >= 0.6 is 0 Å². The third-order valence-corrected chi connectivity index (χ3v) is 6.29. The van der Waals surface area contributed by atoms with E-state index in [4.69, 9.17) is 9.84 Å². The van der Waals surface area contributed by atoms with Crippen LogP contribution in [0.4, 0.5) is 11.4 Å². The van der Waals surface area contributed by atoms with E-state index in [-0.39, 0.29) is 24.4 Å². The van der Waals surface area contributed by atoms with Gasteiger partial charge in [0.1, 0.15) is 5.75 Å². The maximum absolute atomic E-state index is 13.4. The molecule has 3 aromatic carbocycles. The summed E-state index contributed by atoms with van der Waals surface area (Å²) < 4.78 is 5.30. The topological polar surface area (TPSA) is 83.0 Å². The molecule has 1 atom stereocenters. The van der Waals surface area contributed by atoms with Crippen LogP contribution in [-0.2, 0) is 9.59 Å². The van der Waals surface area contributed by atoms with E-state index in [0.717, 1.165) is 45.9 Å². The van der Waals surface area contributed by atoms with Crippen molar-refractivity contribution in [3.8, 4) is 5.75 Å². The lowest BCUT2D eigenvalue weighted by Gasteiger charge is -2.23. The number of nitrogens with one attached hydrogen (secondary N) is 2. The van der Waals surface area contributed by atoms with E-state index >= 15 is 0 Å². The second kappa shape index (κ2) is 11.5. The smallest absolute Gasteiger partial charge is 0.262 e.